The van der Waals surface area contributed by atoms with Crippen LogP contribution >= 0.6 is 0 Å². The van der Waals surface area contributed by atoms with Gasteiger partial charge in [0, 0.05) is 38.7 Å². The van der Waals surface area contributed by atoms with E-state index >= 15 is 0 Å². The number of aliphatic carboxylic acids is 1. The van der Waals surface area contributed by atoms with Gasteiger partial charge in [-0.15, -0.1) is 0 Å². The normalized spacial score (nSPS) is 18.9. The average Bonchev–Trinajstić information content (AvgIpc) is 2.43. The maximum absolute atomic E-state index is 12.6. The molecule has 0 aromatic carbocycles. The molecule has 1 aliphatic rings. The van der Waals surface area contributed by atoms with Crippen LogP contribution in [0.2, 0.25) is 0 Å². The molecule has 1 saturated heterocycles. The minimum Gasteiger partial charge on any atom is -0.481 e. The fraction of sp³-hybridized carbons (Fsp3) is 0.867. The molecule has 1 aliphatic heterocycles. The van der Waals surface area contributed by atoms with Crippen LogP contribution in [0.3, 0.4) is 0 Å². The van der Waals surface area contributed by atoms with Crippen LogP contribution in [0.25, 0.3) is 0 Å². The summed E-state index contributed by atoms with van der Waals surface area (Å²) in [6.45, 7) is 8.43. The lowest BCUT2D eigenvalue weighted by atomic mass is 10.1. The summed E-state index contributed by atoms with van der Waals surface area (Å²) in [5, 5.41) is 8.72. The van der Waals surface area contributed by atoms with Gasteiger partial charge in [-0.3, -0.25) is 4.79 Å². The molecular weight excluding hydrogens is 272 g/mol. The number of hydrogen-bond acceptors (Lipinski definition) is 3. The van der Waals surface area contributed by atoms with Gasteiger partial charge in [-0.25, -0.2) is 4.79 Å². The maximum Gasteiger partial charge on any atom is 0.320 e. The Morgan fingerprint density at radius 2 is 2.14 bits per heavy atom. The number of urea groups is 1. The van der Waals surface area contributed by atoms with Crippen molar-refractivity contribution in [3.8, 4) is 0 Å². The molecule has 0 aromatic rings. The zero-order chi connectivity index (χ0) is 15.8. The topological polar surface area (TPSA) is 70.1 Å². The summed E-state index contributed by atoms with van der Waals surface area (Å²) in [6, 6.07) is 0.0681. The van der Waals surface area contributed by atoms with Gasteiger partial charge in [0.25, 0.3) is 0 Å². The Labute approximate surface area is 127 Å². The Bertz CT molecular complexity index is 345. The highest BCUT2D eigenvalue weighted by Gasteiger charge is 2.28. The van der Waals surface area contributed by atoms with E-state index in [4.69, 9.17) is 9.84 Å². The van der Waals surface area contributed by atoms with E-state index in [-0.39, 0.29) is 24.6 Å². The predicted molar refractivity (Wildman–Crippen MR) is 80.3 cm³/mol. The fourth-order valence-electron chi connectivity index (χ4n) is 2.64. The lowest BCUT2D eigenvalue weighted by Gasteiger charge is -2.37. The molecule has 0 aliphatic carbocycles. The molecule has 6 nitrogen and oxygen atoms in total. The summed E-state index contributed by atoms with van der Waals surface area (Å²) < 4.78 is 5.63. The Balaban J connectivity index is 2.56. The highest BCUT2D eigenvalue weighted by atomic mass is 16.5. The van der Waals surface area contributed by atoms with Gasteiger partial charge in [-0.1, -0.05) is 0 Å². The molecule has 2 amide bonds. The van der Waals surface area contributed by atoms with Crippen LogP contribution in [0.4, 0.5) is 4.79 Å². The van der Waals surface area contributed by atoms with Crippen LogP contribution in [0, 0.1) is 0 Å². The van der Waals surface area contributed by atoms with Gasteiger partial charge < -0.3 is 19.6 Å². The van der Waals surface area contributed by atoms with E-state index in [2.05, 4.69) is 0 Å². The minimum atomic E-state index is -0.819. The number of ether oxygens (including phenoxy) is 1. The third-order valence-electron chi connectivity index (χ3n) is 3.71. The van der Waals surface area contributed by atoms with Crippen LogP contribution in [0.15, 0.2) is 0 Å². The molecule has 1 unspecified atom stereocenters. The van der Waals surface area contributed by atoms with Crippen molar-refractivity contribution in [2.24, 2.45) is 0 Å². The van der Waals surface area contributed by atoms with E-state index in [0.29, 0.717) is 26.1 Å². The van der Waals surface area contributed by atoms with E-state index in [1.54, 1.807) is 4.90 Å². The summed E-state index contributed by atoms with van der Waals surface area (Å²) in [4.78, 5) is 26.8. The van der Waals surface area contributed by atoms with Gasteiger partial charge in [0.1, 0.15) is 0 Å². The summed E-state index contributed by atoms with van der Waals surface area (Å²) >= 11 is 0. The van der Waals surface area contributed by atoms with E-state index in [1.807, 2.05) is 25.7 Å². The van der Waals surface area contributed by atoms with Gasteiger partial charge in [0.15, 0.2) is 0 Å². The number of likely N-dealkylation sites (tertiary alicyclic amines) is 1. The van der Waals surface area contributed by atoms with Crippen molar-refractivity contribution in [3.63, 3.8) is 0 Å². The van der Waals surface area contributed by atoms with Gasteiger partial charge in [-0.05, 0) is 40.0 Å². The monoisotopic (exact) mass is 300 g/mol. The number of carbonyl (C=O) groups excluding carboxylic acids is 1. The van der Waals surface area contributed by atoms with Crippen LogP contribution < -0.4 is 0 Å². The molecule has 0 bridgehead atoms. The van der Waals surface area contributed by atoms with Crippen molar-refractivity contribution < 1.29 is 19.4 Å². The maximum atomic E-state index is 12.6. The number of carboxylic acid groups (broad SMARTS) is 1. The van der Waals surface area contributed by atoms with Gasteiger partial charge >= 0.3 is 12.0 Å². The van der Waals surface area contributed by atoms with Crippen molar-refractivity contribution in [2.45, 2.75) is 58.6 Å². The second-order valence-electron chi connectivity index (χ2n) is 5.73. The van der Waals surface area contributed by atoms with Crippen molar-refractivity contribution in [3.05, 3.63) is 0 Å². The molecule has 0 radical (unpaired) electrons. The van der Waals surface area contributed by atoms with Crippen molar-refractivity contribution in [1.29, 1.82) is 0 Å². The van der Waals surface area contributed by atoms with E-state index in [0.717, 1.165) is 19.4 Å². The number of rotatable bonds is 7. The molecule has 0 spiro atoms. The van der Waals surface area contributed by atoms with Crippen molar-refractivity contribution in [1.82, 2.24) is 9.80 Å². The Kier molecular flexibility index (Phi) is 7.50. The molecule has 1 heterocycles. The SMILES string of the molecule is CCOC1CCCN(C(=O)N(CCCC(=O)O)C(C)C)C1. The molecule has 1 atom stereocenters. The first-order valence-electron chi connectivity index (χ1n) is 7.84. The molecule has 1 N–H and O–H groups in total. The highest BCUT2D eigenvalue weighted by molar-refractivity contribution is 5.75. The Hall–Kier alpha value is -1.30. The van der Waals surface area contributed by atoms with Crippen LogP contribution in [-0.4, -0.2) is 65.3 Å². The number of hydrogen-bond donors (Lipinski definition) is 1. The number of piperidine rings is 1. The van der Waals surface area contributed by atoms with Gasteiger partial charge in [0.2, 0.25) is 0 Å². The quantitative estimate of drug-likeness (QED) is 0.782. The molecule has 0 aromatic heterocycles. The minimum absolute atomic E-state index is 0.000193. The van der Waals surface area contributed by atoms with Crippen molar-refractivity contribution >= 4 is 12.0 Å². The van der Waals surface area contributed by atoms with Crippen LogP contribution in [0.1, 0.15) is 46.5 Å². The molecule has 122 valence electrons. The average molecular weight is 300 g/mol. The van der Waals surface area contributed by atoms with E-state index in [9.17, 15) is 9.59 Å². The lowest BCUT2D eigenvalue weighted by molar-refractivity contribution is -0.137. The summed E-state index contributed by atoms with van der Waals surface area (Å²) in [7, 11) is 0. The van der Waals surface area contributed by atoms with Gasteiger partial charge in [0.05, 0.1) is 6.10 Å². The zero-order valence-electron chi connectivity index (χ0n) is 13.4. The van der Waals surface area contributed by atoms with Crippen LogP contribution in [-0.2, 0) is 9.53 Å². The first-order chi connectivity index (χ1) is 9.95. The van der Waals surface area contributed by atoms with Crippen molar-refractivity contribution in [2.75, 3.05) is 26.2 Å². The van der Waals surface area contributed by atoms with E-state index in [1.165, 1.54) is 0 Å². The molecule has 1 fully saturated rings. The smallest absolute Gasteiger partial charge is 0.320 e. The second-order valence-corrected chi connectivity index (χ2v) is 5.73. The largest absolute Gasteiger partial charge is 0.481 e. The first kappa shape index (κ1) is 17.8. The first-order valence-corrected chi connectivity index (χ1v) is 7.84. The van der Waals surface area contributed by atoms with Gasteiger partial charge in [-0.2, -0.15) is 0 Å². The number of nitrogens with zero attached hydrogens (tertiary/aromatic N) is 2. The summed E-state index contributed by atoms with van der Waals surface area (Å²) in [6.07, 6.45) is 2.66. The Morgan fingerprint density at radius 1 is 1.43 bits per heavy atom. The number of carboxylic acids is 1. The molecule has 21 heavy (non-hydrogen) atoms. The van der Waals surface area contributed by atoms with E-state index < -0.39 is 5.97 Å². The fourth-order valence-corrected chi connectivity index (χ4v) is 2.64. The van der Waals surface area contributed by atoms with Crippen LogP contribution in [0.5, 0.6) is 0 Å². The molecule has 6 heteroatoms. The number of carbonyl (C=O) groups is 2. The molecule has 1 rings (SSSR count). The summed E-state index contributed by atoms with van der Waals surface area (Å²) in [5.74, 6) is -0.819. The Morgan fingerprint density at radius 3 is 2.71 bits per heavy atom. The molecule has 0 saturated carbocycles. The summed E-state index contributed by atoms with van der Waals surface area (Å²) in [5.41, 5.74) is 0. The molecular formula is C15H28N2O4. The predicted octanol–water partition coefficient (Wildman–Crippen LogP) is 2.18. The zero-order valence-corrected chi connectivity index (χ0v) is 13.4. The standard InChI is InChI=1S/C15H28N2O4/c1-4-21-13-7-5-9-16(11-13)15(20)17(12(2)3)10-6-8-14(18)19/h12-13H,4-11H2,1-3H3,(H,18,19). The third kappa shape index (κ3) is 5.91. The third-order valence-corrected chi connectivity index (χ3v) is 3.71. The highest BCUT2D eigenvalue weighted by Crippen LogP contribution is 2.16. The number of amides is 2. The lowest BCUT2D eigenvalue weighted by Crippen LogP contribution is -2.51. The second kappa shape index (κ2) is 8.87.